The molecule has 1 N–H and O–H groups in total. The van der Waals surface area contributed by atoms with Crippen LogP contribution < -0.4 is 10.1 Å². The summed E-state index contributed by atoms with van der Waals surface area (Å²) in [7, 11) is 3.05. The van der Waals surface area contributed by atoms with E-state index in [1.807, 2.05) is 30.3 Å². The number of nitrogens with one attached hydrogen (secondary N) is 1. The van der Waals surface area contributed by atoms with Crippen molar-refractivity contribution in [2.45, 2.75) is 19.4 Å². The maximum atomic E-state index is 13.7. The highest BCUT2D eigenvalue weighted by Crippen LogP contribution is 2.18. The van der Waals surface area contributed by atoms with Gasteiger partial charge in [-0.15, -0.1) is 0 Å². The van der Waals surface area contributed by atoms with Gasteiger partial charge < -0.3 is 15.0 Å². The van der Waals surface area contributed by atoms with E-state index >= 15 is 0 Å². The predicted molar refractivity (Wildman–Crippen MR) is 97.2 cm³/mol. The summed E-state index contributed by atoms with van der Waals surface area (Å²) in [5.74, 6) is -0.534. The number of hydrogen-bond acceptors (Lipinski definition) is 3. The molecule has 2 amide bonds. The first kappa shape index (κ1) is 19.4. The van der Waals surface area contributed by atoms with E-state index in [9.17, 15) is 14.0 Å². The van der Waals surface area contributed by atoms with Crippen molar-refractivity contribution in [2.24, 2.45) is 0 Å². The fraction of sp³-hybridized carbons (Fsp3) is 0.300. The molecule has 2 aromatic carbocycles. The Kier molecular flexibility index (Phi) is 7.14. The third kappa shape index (κ3) is 5.88. The molecule has 0 atom stereocenters. The molecular weight excluding hydrogens is 335 g/mol. The summed E-state index contributed by atoms with van der Waals surface area (Å²) in [5.41, 5.74) is 1.60. The lowest BCUT2D eigenvalue weighted by Crippen LogP contribution is -2.32. The average molecular weight is 358 g/mol. The molecule has 26 heavy (non-hydrogen) atoms. The normalized spacial score (nSPS) is 10.3. The van der Waals surface area contributed by atoms with Crippen LogP contribution in [-0.4, -0.2) is 37.4 Å². The lowest BCUT2D eigenvalue weighted by Gasteiger charge is -2.18. The summed E-state index contributed by atoms with van der Waals surface area (Å²) >= 11 is 0. The zero-order valence-electron chi connectivity index (χ0n) is 15.0. The summed E-state index contributed by atoms with van der Waals surface area (Å²) in [5, 5.41) is 2.74. The van der Waals surface area contributed by atoms with Crippen LogP contribution in [0.25, 0.3) is 0 Å². The maximum Gasteiger partial charge on any atom is 0.224 e. The highest BCUT2D eigenvalue weighted by atomic mass is 19.1. The van der Waals surface area contributed by atoms with E-state index in [2.05, 4.69) is 5.32 Å². The summed E-state index contributed by atoms with van der Waals surface area (Å²) in [6.45, 7) is 0.559. The molecule has 0 unspecified atom stereocenters. The van der Waals surface area contributed by atoms with E-state index < -0.39 is 5.82 Å². The Labute approximate surface area is 152 Å². The Morgan fingerprint density at radius 2 is 1.85 bits per heavy atom. The number of carbonyl (C=O) groups excluding carboxylic acids is 2. The molecule has 0 fully saturated rings. The molecule has 0 aromatic heterocycles. The number of methoxy groups -OCH3 is 1. The molecule has 138 valence electrons. The van der Waals surface area contributed by atoms with Gasteiger partial charge in [0.05, 0.1) is 13.5 Å². The van der Waals surface area contributed by atoms with E-state index in [-0.39, 0.29) is 43.5 Å². The number of carbonyl (C=O) groups is 2. The fourth-order valence-electron chi connectivity index (χ4n) is 2.51. The molecule has 0 radical (unpaired) electrons. The van der Waals surface area contributed by atoms with Crippen molar-refractivity contribution in [1.82, 2.24) is 10.2 Å². The summed E-state index contributed by atoms with van der Waals surface area (Å²) in [6, 6.07) is 14.0. The Balaban J connectivity index is 1.75. The van der Waals surface area contributed by atoms with Gasteiger partial charge in [0, 0.05) is 26.6 Å². The molecule has 0 spiro atoms. The van der Waals surface area contributed by atoms with Gasteiger partial charge in [0.2, 0.25) is 11.8 Å². The van der Waals surface area contributed by atoms with Gasteiger partial charge in [0.15, 0.2) is 11.6 Å². The lowest BCUT2D eigenvalue weighted by atomic mass is 10.1. The van der Waals surface area contributed by atoms with Gasteiger partial charge in [-0.1, -0.05) is 36.4 Å². The molecule has 0 saturated heterocycles. The van der Waals surface area contributed by atoms with E-state index in [1.54, 1.807) is 13.1 Å². The summed E-state index contributed by atoms with van der Waals surface area (Å²) in [4.78, 5) is 25.5. The quantitative estimate of drug-likeness (QED) is 0.789. The van der Waals surface area contributed by atoms with Crippen LogP contribution in [0.3, 0.4) is 0 Å². The Morgan fingerprint density at radius 1 is 1.12 bits per heavy atom. The van der Waals surface area contributed by atoms with Crippen molar-refractivity contribution in [3.63, 3.8) is 0 Å². The van der Waals surface area contributed by atoms with Crippen LogP contribution >= 0.6 is 0 Å². The third-order valence-corrected chi connectivity index (χ3v) is 3.93. The van der Waals surface area contributed by atoms with Crippen molar-refractivity contribution in [3.8, 4) is 5.75 Å². The van der Waals surface area contributed by atoms with Crippen molar-refractivity contribution >= 4 is 11.8 Å². The Hall–Kier alpha value is -2.89. The van der Waals surface area contributed by atoms with Gasteiger partial charge in [-0.05, 0) is 23.3 Å². The van der Waals surface area contributed by atoms with E-state index in [0.717, 1.165) is 5.56 Å². The van der Waals surface area contributed by atoms with Crippen LogP contribution in [0.4, 0.5) is 4.39 Å². The molecule has 5 nitrogen and oxygen atoms in total. The van der Waals surface area contributed by atoms with Crippen LogP contribution in [0.2, 0.25) is 0 Å². The van der Waals surface area contributed by atoms with Crippen molar-refractivity contribution in [3.05, 3.63) is 65.5 Å². The van der Waals surface area contributed by atoms with Gasteiger partial charge in [-0.25, -0.2) is 4.39 Å². The molecule has 2 aromatic rings. The molecule has 0 saturated carbocycles. The Morgan fingerprint density at radius 3 is 2.50 bits per heavy atom. The highest BCUT2D eigenvalue weighted by molar-refractivity contribution is 5.80. The van der Waals surface area contributed by atoms with Gasteiger partial charge >= 0.3 is 0 Å². The van der Waals surface area contributed by atoms with Crippen LogP contribution in [0, 0.1) is 5.82 Å². The first-order chi connectivity index (χ1) is 12.5. The smallest absolute Gasteiger partial charge is 0.224 e. The second-order valence-electron chi connectivity index (χ2n) is 5.98. The number of ether oxygens (including phenoxy) is 1. The summed E-state index contributed by atoms with van der Waals surface area (Å²) in [6.07, 6.45) is 0.478. The second kappa shape index (κ2) is 9.56. The van der Waals surface area contributed by atoms with Gasteiger partial charge in [-0.3, -0.25) is 9.59 Å². The van der Waals surface area contributed by atoms with Crippen molar-refractivity contribution in [1.29, 1.82) is 0 Å². The highest BCUT2D eigenvalue weighted by Gasteiger charge is 2.12. The minimum atomic E-state index is -0.459. The number of rotatable bonds is 8. The van der Waals surface area contributed by atoms with Crippen LogP contribution in [-0.2, 0) is 22.6 Å². The average Bonchev–Trinajstić information content (AvgIpc) is 2.62. The SMILES string of the molecule is COc1ccc(CN(C)C(=O)CCNC(=O)Cc2ccccc2)cc1F. The molecule has 0 bridgehead atoms. The first-order valence-electron chi connectivity index (χ1n) is 8.36. The minimum absolute atomic E-state index is 0.121. The maximum absolute atomic E-state index is 13.7. The van der Waals surface area contributed by atoms with E-state index in [1.165, 1.54) is 24.1 Å². The molecule has 0 aliphatic carbocycles. The first-order valence-corrected chi connectivity index (χ1v) is 8.36. The Bertz CT molecular complexity index is 750. The van der Waals surface area contributed by atoms with Gasteiger partial charge in [0.1, 0.15) is 0 Å². The lowest BCUT2D eigenvalue weighted by molar-refractivity contribution is -0.130. The number of hydrogen-bond donors (Lipinski definition) is 1. The second-order valence-corrected chi connectivity index (χ2v) is 5.98. The molecule has 6 heteroatoms. The van der Waals surface area contributed by atoms with Crippen LogP contribution in [0.5, 0.6) is 5.75 Å². The van der Waals surface area contributed by atoms with Gasteiger partial charge in [-0.2, -0.15) is 0 Å². The van der Waals surface area contributed by atoms with E-state index in [0.29, 0.717) is 5.56 Å². The third-order valence-electron chi connectivity index (χ3n) is 3.93. The zero-order chi connectivity index (χ0) is 18.9. The van der Waals surface area contributed by atoms with Crippen molar-refractivity contribution in [2.75, 3.05) is 20.7 Å². The zero-order valence-corrected chi connectivity index (χ0v) is 15.0. The number of halogens is 1. The largest absolute Gasteiger partial charge is 0.494 e. The molecule has 0 aliphatic heterocycles. The molecular formula is C20H23FN2O3. The predicted octanol–water partition coefficient (Wildman–Crippen LogP) is 2.54. The topological polar surface area (TPSA) is 58.6 Å². The molecule has 0 aliphatic rings. The number of nitrogens with zero attached hydrogens (tertiary/aromatic N) is 1. The monoisotopic (exact) mass is 358 g/mol. The van der Waals surface area contributed by atoms with Crippen LogP contribution in [0.15, 0.2) is 48.5 Å². The van der Waals surface area contributed by atoms with Crippen molar-refractivity contribution < 1.29 is 18.7 Å². The molecule has 2 rings (SSSR count). The van der Waals surface area contributed by atoms with E-state index in [4.69, 9.17) is 4.74 Å². The summed E-state index contributed by atoms with van der Waals surface area (Å²) < 4.78 is 18.6. The number of benzene rings is 2. The standard InChI is InChI=1S/C20H23FN2O3/c1-23(14-16-8-9-18(26-2)17(21)12-16)20(25)10-11-22-19(24)13-15-6-4-3-5-7-15/h3-9,12H,10-11,13-14H2,1-2H3,(H,22,24). The fourth-order valence-corrected chi connectivity index (χ4v) is 2.51. The van der Waals surface area contributed by atoms with Gasteiger partial charge in [0.25, 0.3) is 0 Å². The molecule has 0 heterocycles. The number of amides is 2. The minimum Gasteiger partial charge on any atom is -0.494 e. The van der Waals surface area contributed by atoms with Crippen LogP contribution in [0.1, 0.15) is 17.5 Å².